The van der Waals surface area contributed by atoms with Crippen molar-refractivity contribution in [3.05, 3.63) is 0 Å². The van der Waals surface area contributed by atoms with E-state index in [2.05, 4.69) is 5.32 Å². The first kappa shape index (κ1) is 15.8. The van der Waals surface area contributed by atoms with Crippen LogP contribution in [0.5, 0.6) is 0 Å². The highest BCUT2D eigenvalue weighted by molar-refractivity contribution is 5.84. The molecule has 120 valence electrons. The van der Waals surface area contributed by atoms with E-state index < -0.39 is 18.0 Å². The van der Waals surface area contributed by atoms with E-state index >= 15 is 0 Å². The Hall–Kier alpha value is -1.61. The summed E-state index contributed by atoms with van der Waals surface area (Å²) in [5, 5.41) is 2.58. The number of nitrogens with one attached hydrogen (secondary N) is 1. The van der Waals surface area contributed by atoms with Gasteiger partial charge in [0.15, 0.2) is 0 Å². The van der Waals surface area contributed by atoms with E-state index in [1.165, 1.54) is 4.90 Å². The number of nitrogens with zero attached hydrogens (tertiary/aromatic N) is 2. The molecular formula is C11H14F5N3O2. The third-order valence-electron chi connectivity index (χ3n) is 3.71. The summed E-state index contributed by atoms with van der Waals surface area (Å²) in [7, 11) is 0. The van der Waals surface area contributed by atoms with Crippen molar-refractivity contribution >= 4 is 11.9 Å². The molecule has 0 aromatic carbocycles. The second-order valence-corrected chi connectivity index (χ2v) is 5.02. The molecule has 2 rings (SSSR count). The number of carbonyl (C=O) groups excluding carboxylic acids is 2. The first-order valence-electron chi connectivity index (χ1n) is 6.43. The number of alkyl halides is 5. The lowest BCUT2D eigenvalue weighted by Crippen LogP contribution is -2.55. The lowest BCUT2D eigenvalue weighted by Gasteiger charge is -2.37. The molecule has 3 amide bonds. The standard InChI is InChI=1S/C11H14F5N3O2/c12-10(13,11(14,15)16)8(20)18-4-1-7(2-5-18)19-6-3-17-9(19)21/h7H,1-6H2,(H,17,21). The van der Waals surface area contributed by atoms with E-state index in [0.717, 1.165) is 0 Å². The second-order valence-electron chi connectivity index (χ2n) is 5.02. The molecular weight excluding hydrogens is 301 g/mol. The van der Waals surface area contributed by atoms with Crippen molar-refractivity contribution in [1.29, 1.82) is 0 Å². The zero-order valence-corrected chi connectivity index (χ0v) is 10.9. The molecule has 2 heterocycles. The summed E-state index contributed by atoms with van der Waals surface area (Å²) in [4.78, 5) is 24.8. The molecule has 0 aromatic rings. The zero-order chi connectivity index (χ0) is 15.8. The molecule has 0 aliphatic carbocycles. The van der Waals surface area contributed by atoms with Gasteiger partial charge in [0.05, 0.1) is 0 Å². The van der Waals surface area contributed by atoms with Gasteiger partial charge in [-0.2, -0.15) is 22.0 Å². The minimum atomic E-state index is -5.89. The fourth-order valence-electron chi connectivity index (χ4n) is 2.54. The number of urea groups is 1. The van der Waals surface area contributed by atoms with Crippen LogP contribution in [-0.2, 0) is 4.79 Å². The Bertz CT molecular complexity index is 432. The Morgan fingerprint density at radius 3 is 2.10 bits per heavy atom. The fourth-order valence-corrected chi connectivity index (χ4v) is 2.54. The monoisotopic (exact) mass is 315 g/mol. The Kier molecular flexibility index (Phi) is 3.98. The second kappa shape index (κ2) is 5.30. The number of hydrogen-bond donors (Lipinski definition) is 1. The van der Waals surface area contributed by atoms with E-state index in [4.69, 9.17) is 0 Å². The van der Waals surface area contributed by atoms with Gasteiger partial charge >= 0.3 is 24.0 Å². The van der Waals surface area contributed by atoms with E-state index in [-0.39, 0.29) is 38.0 Å². The van der Waals surface area contributed by atoms with E-state index in [1.807, 2.05) is 0 Å². The third-order valence-corrected chi connectivity index (χ3v) is 3.71. The highest BCUT2D eigenvalue weighted by Crippen LogP contribution is 2.37. The van der Waals surface area contributed by atoms with Crippen molar-refractivity contribution in [1.82, 2.24) is 15.1 Å². The van der Waals surface area contributed by atoms with E-state index in [9.17, 15) is 31.5 Å². The molecule has 0 radical (unpaired) electrons. The maximum absolute atomic E-state index is 13.0. The Morgan fingerprint density at radius 1 is 1.10 bits per heavy atom. The molecule has 0 bridgehead atoms. The summed E-state index contributed by atoms with van der Waals surface area (Å²) in [6, 6.07) is -0.517. The summed E-state index contributed by atoms with van der Waals surface area (Å²) in [6.07, 6.45) is -5.52. The number of piperidine rings is 1. The summed E-state index contributed by atoms with van der Waals surface area (Å²) in [5.41, 5.74) is 0. The average Bonchev–Trinajstić information content (AvgIpc) is 2.83. The lowest BCUT2D eigenvalue weighted by molar-refractivity contribution is -0.274. The van der Waals surface area contributed by atoms with Crippen LogP contribution in [-0.4, -0.2) is 66.1 Å². The molecule has 10 heteroatoms. The van der Waals surface area contributed by atoms with Crippen molar-refractivity contribution in [3.8, 4) is 0 Å². The quantitative estimate of drug-likeness (QED) is 0.779. The maximum Gasteiger partial charge on any atom is 0.463 e. The Morgan fingerprint density at radius 2 is 1.67 bits per heavy atom. The topological polar surface area (TPSA) is 52.7 Å². The zero-order valence-electron chi connectivity index (χ0n) is 10.9. The van der Waals surface area contributed by atoms with Crippen molar-refractivity contribution in [2.45, 2.75) is 31.0 Å². The van der Waals surface area contributed by atoms with E-state index in [0.29, 0.717) is 18.0 Å². The molecule has 0 unspecified atom stereocenters. The molecule has 5 nitrogen and oxygen atoms in total. The number of hydrogen-bond acceptors (Lipinski definition) is 2. The molecule has 2 fully saturated rings. The fraction of sp³-hybridized carbons (Fsp3) is 0.818. The number of carbonyl (C=O) groups is 2. The molecule has 0 atom stereocenters. The van der Waals surface area contributed by atoms with Gasteiger partial charge in [0.25, 0.3) is 0 Å². The largest absolute Gasteiger partial charge is 0.463 e. The first-order valence-corrected chi connectivity index (χ1v) is 6.43. The number of rotatable bonds is 2. The molecule has 2 saturated heterocycles. The van der Waals surface area contributed by atoms with Gasteiger partial charge in [0, 0.05) is 32.2 Å². The van der Waals surface area contributed by atoms with Gasteiger partial charge in [-0.1, -0.05) is 0 Å². The summed E-state index contributed by atoms with van der Waals surface area (Å²) in [5.74, 6) is -7.59. The van der Waals surface area contributed by atoms with Gasteiger partial charge in [-0.05, 0) is 12.8 Å². The van der Waals surface area contributed by atoms with Crippen LogP contribution in [0.4, 0.5) is 26.7 Å². The van der Waals surface area contributed by atoms with Crippen molar-refractivity contribution in [2.24, 2.45) is 0 Å². The molecule has 21 heavy (non-hydrogen) atoms. The smallest absolute Gasteiger partial charge is 0.337 e. The van der Waals surface area contributed by atoms with Crippen LogP contribution in [0.2, 0.25) is 0 Å². The summed E-state index contributed by atoms with van der Waals surface area (Å²) < 4.78 is 62.4. The minimum Gasteiger partial charge on any atom is -0.337 e. The molecule has 0 aromatic heterocycles. The highest BCUT2D eigenvalue weighted by Gasteiger charge is 2.64. The SMILES string of the molecule is O=C1NCCN1C1CCN(C(=O)C(F)(F)C(F)(F)F)CC1. The lowest BCUT2D eigenvalue weighted by atomic mass is 10.0. The van der Waals surface area contributed by atoms with Gasteiger partial charge in [0.1, 0.15) is 0 Å². The van der Waals surface area contributed by atoms with E-state index in [1.54, 1.807) is 0 Å². The van der Waals surface area contributed by atoms with Crippen LogP contribution in [0.1, 0.15) is 12.8 Å². The Balaban J connectivity index is 1.95. The minimum absolute atomic E-state index is 0.188. The van der Waals surface area contributed by atoms with Crippen LogP contribution in [0.25, 0.3) is 0 Å². The summed E-state index contributed by atoms with van der Waals surface area (Å²) >= 11 is 0. The van der Waals surface area contributed by atoms with Crippen LogP contribution in [0.3, 0.4) is 0 Å². The van der Waals surface area contributed by atoms with Gasteiger partial charge in [-0.3, -0.25) is 4.79 Å². The average molecular weight is 315 g/mol. The van der Waals surface area contributed by atoms with Gasteiger partial charge < -0.3 is 15.1 Å². The van der Waals surface area contributed by atoms with Crippen LogP contribution in [0, 0.1) is 0 Å². The van der Waals surface area contributed by atoms with Crippen LogP contribution in [0.15, 0.2) is 0 Å². The van der Waals surface area contributed by atoms with Gasteiger partial charge in [0.2, 0.25) is 0 Å². The van der Waals surface area contributed by atoms with Crippen molar-refractivity contribution < 1.29 is 31.5 Å². The molecule has 2 aliphatic rings. The molecule has 0 spiro atoms. The third kappa shape index (κ3) is 2.88. The first-order chi connectivity index (χ1) is 9.64. The van der Waals surface area contributed by atoms with Gasteiger partial charge in [-0.15, -0.1) is 0 Å². The predicted molar refractivity (Wildman–Crippen MR) is 60.7 cm³/mol. The number of likely N-dealkylation sites (tertiary alicyclic amines) is 1. The van der Waals surface area contributed by atoms with Crippen molar-refractivity contribution in [3.63, 3.8) is 0 Å². The molecule has 1 N–H and O–H groups in total. The van der Waals surface area contributed by atoms with Crippen LogP contribution < -0.4 is 5.32 Å². The van der Waals surface area contributed by atoms with Crippen LogP contribution >= 0.6 is 0 Å². The highest BCUT2D eigenvalue weighted by atomic mass is 19.4. The maximum atomic E-state index is 13.0. The predicted octanol–water partition coefficient (Wildman–Crippen LogP) is 1.20. The number of amides is 3. The van der Waals surface area contributed by atoms with Crippen molar-refractivity contribution in [2.75, 3.05) is 26.2 Å². The molecule has 0 saturated carbocycles. The number of halogens is 5. The normalized spacial score (nSPS) is 21.7. The van der Waals surface area contributed by atoms with Gasteiger partial charge in [-0.25, -0.2) is 4.79 Å². The summed E-state index contributed by atoms with van der Waals surface area (Å²) in [6.45, 7) is 0.498. The molecule has 2 aliphatic heterocycles. The Labute approximate surface area is 117 Å².